The minimum atomic E-state index is 0.0779. The Bertz CT molecular complexity index is 693. The first kappa shape index (κ1) is 15.0. The number of carbonyl (C=O) groups is 1. The lowest BCUT2D eigenvalue weighted by Gasteiger charge is -2.30. The minimum Gasteiger partial charge on any atom is -0.303 e. The summed E-state index contributed by atoms with van der Waals surface area (Å²) in [6.45, 7) is 3.32. The maximum absolute atomic E-state index is 12.6. The highest BCUT2D eigenvalue weighted by Gasteiger charge is 2.28. The zero-order valence-corrected chi connectivity index (χ0v) is 13.1. The second-order valence-electron chi connectivity index (χ2n) is 5.50. The minimum absolute atomic E-state index is 0.0779. The Balaban J connectivity index is 1.54. The van der Waals surface area contributed by atoms with Crippen molar-refractivity contribution in [1.29, 1.82) is 0 Å². The highest BCUT2D eigenvalue weighted by atomic mass is 32.1. The number of fused-ring (bicyclic) bond motifs is 1. The Kier molecular flexibility index (Phi) is 4.72. The average molecular weight is 318 g/mol. The molecule has 0 bridgehead atoms. The number of nitrogens with zero attached hydrogens (tertiary/aromatic N) is 6. The van der Waals surface area contributed by atoms with Gasteiger partial charge in [0.25, 0.3) is 0 Å². The number of rotatable bonds is 6. The SMILES string of the molecule is [N-]=[N+]=NCCCN1CCC(C(=O)c2ncn3ccsc23)CC1. The summed E-state index contributed by atoms with van der Waals surface area (Å²) in [5.74, 6) is 0.257. The first-order valence-corrected chi connectivity index (χ1v) is 8.35. The van der Waals surface area contributed by atoms with E-state index >= 15 is 0 Å². The molecule has 116 valence electrons. The standard InChI is InChI=1S/C14H18N6OS/c15-18-17-4-1-5-19-6-2-11(3-7-19)13(21)12-14-20(10-16-12)8-9-22-14/h8-11H,1-7H2. The number of ketones is 1. The molecular weight excluding hydrogens is 300 g/mol. The first-order chi connectivity index (χ1) is 10.8. The van der Waals surface area contributed by atoms with Crippen molar-refractivity contribution in [1.82, 2.24) is 14.3 Å². The molecule has 0 unspecified atom stereocenters. The number of Topliss-reactive ketones (excluding diaryl/α,β-unsaturated/α-hetero) is 1. The van der Waals surface area contributed by atoms with Crippen LogP contribution in [-0.2, 0) is 0 Å². The smallest absolute Gasteiger partial charge is 0.187 e. The molecule has 0 spiro atoms. The Morgan fingerprint density at radius 2 is 2.32 bits per heavy atom. The molecule has 3 rings (SSSR count). The molecular formula is C14H18N6OS. The van der Waals surface area contributed by atoms with Crippen LogP contribution in [0.15, 0.2) is 23.0 Å². The third kappa shape index (κ3) is 3.14. The zero-order chi connectivity index (χ0) is 15.4. The van der Waals surface area contributed by atoms with Crippen LogP contribution >= 0.6 is 11.3 Å². The van der Waals surface area contributed by atoms with Crippen LogP contribution in [0.25, 0.3) is 15.3 Å². The Labute approximate surface area is 132 Å². The predicted octanol–water partition coefficient (Wildman–Crippen LogP) is 2.99. The van der Waals surface area contributed by atoms with Crippen LogP contribution in [0.4, 0.5) is 0 Å². The first-order valence-electron chi connectivity index (χ1n) is 7.47. The third-order valence-electron chi connectivity index (χ3n) is 4.14. The second kappa shape index (κ2) is 6.91. The number of hydrogen-bond acceptors (Lipinski definition) is 5. The number of likely N-dealkylation sites (tertiary alicyclic amines) is 1. The summed E-state index contributed by atoms with van der Waals surface area (Å²) >= 11 is 1.56. The Morgan fingerprint density at radius 1 is 1.50 bits per heavy atom. The molecule has 1 aliphatic rings. The molecule has 8 heteroatoms. The van der Waals surface area contributed by atoms with Crippen molar-refractivity contribution in [3.8, 4) is 0 Å². The number of azide groups is 1. The lowest BCUT2D eigenvalue weighted by atomic mass is 9.91. The van der Waals surface area contributed by atoms with Gasteiger partial charge in [0.1, 0.15) is 16.9 Å². The average Bonchev–Trinajstić information content (AvgIpc) is 3.15. The summed E-state index contributed by atoms with van der Waals surface area (Å²) < 4.78 is 1.91. The molecule has 0 N–H and O–H groups in total. The predicted molar refractivity (Wildman–Crippen MR) is 85.2 cm³/mol. The fraction of sp³-hybridized carbons (Fsp3) is 0.571. The lowest BCUT2D eigenvalue weighted by molar-refractivity contribution is 0.0837. The molecule has 3 heterocycles. The molecule has 0 saturated carbocycles. The van der Waals surface area contributed by atoms with Crippen LogP contribution in [0.2, 0.25) is 0 Å². The van der Waals surface area contributed by atoms with Crippen molar-refractivity contribution in [3.63, 3.8) is 0 Å². The molecule has 2 aromatic rings. The van der Waals surface area contributed by atoms with Crippen LogP contribution in [-0.4, -0.2) is 46.2 Å². The van der Waals surface area contributed by atoms with Gasteiger partial charge in [0, 0.05) is 29.0 Å². The summed E-state index contributed by atoms with van der Waals surface area (Å²) in [4.78, 5) is 23.0. The van der Waals surface area contributed by atoms with Crippen molar-refractivity contribution in [2.75, 3.05) is 26.2 Å². The van der Waals surface area contributed by atoms with Crippen LogP contribution in [0.5, 0.6) is 0 Å². The summed E-state index contributed by atoms with van der Waals surface area (Å²) in [7, 11) is 0. The van der Waals surface area contributed by atoms with Gasteiger partial charge in [-0.3, -0.25) is 9.20 Å². The number of piperidine rings is 1. The van der Waals surface area contributed by atoms with Gasteiger partial charge >= 0.3 is 0 Å². The molecule has 0 aliphatic carbocycles. The van der Waals surface area contributed by atoms with E-state index in [0.717, 1.165) is 43.7 Å². The molecule has 1 aliphatic heterocycles. The van der Waals surface area contributed by atoms with E-state index in [1.807, 2.05) is 16.0 Å². The third-order valence-corrected chi connectivity index (χ3v) is 5.02. The summed E-state index contributed by atoms with van der Waals surface area (Å²) in [5, 5.41) is 5.52. The monoisotopic (exact) mass is 318 g/mol. The normalized spacial score (nSPS) is 16.7. The van der Waals surface area contributed by atoms with Gasteiger partial charge in [0.15, 0.2) is 5.78 Å². The van der Waals surface area contributed by atoms with Gasteiger partial charge in [0.2, 0.25) is 0 Å². The fourth-order valence-corrected chi connectivity index (χ4v) is 3.74. The molecule has 1 fully saturated rings. The fourth-order valence-electron chi connectivity index (χ4n) is 2.92. The number of hydrogen-bond donors (Lipinski definition) is 0. The van der Waals surface area contributed by atoms with Crippen molar-refractivity contribution in [2.45, 2.75) is 19.3 Å². The molecule has 22 heavy (non-hydrogen) atoms. The van der Waals surface area contributed by atoms with E-state index in [1.54, 1.807) is 17.7 Å². The van der Waals surface area contributed by atoms with Crippen LogP contribution in [0, 0.1) is 5.92 Å². The van der Waals surface area contributed by atoms with Gasteiger partial charge in [-0.25, -0.2) is 4.98 Å². The molecule has 1 saturated heterocycles. The van der Waals surface area contributed by atoms with E-state index in [2.05, 4.69) is 19.9 Å². The number of carbonyl (C=O) groups excluding carboxylic acids is 1. The summed E-state index contributed by atoms with van der Waals surface area (Å²) in [5.41, 5.74) is 8.87. The van der Waals surface area contributed by atoms with E-state index in [-0.39, 0.29) is 11.7 Å². The maximum Gasteiger partial charge on any atom is 0.187 e. The quantitative estimate of drug-likeness (QED) is 0.270. The molecule has 0 radical (unpaired) electrons. The van der Waals surface area contributed by atoms with Gasteiger partial charge < -0.3 is 4.90 Å². The lowest BCUT2D eigenvalue weighted by Crippen LogP contribution is -2.37. The van der Waals surface area contributed by atoms with Gasteiger partial charge in [-0.1, -0.05) is 5.11 Å². The molecule has 2 aromatic heterocycles. The van der Waals surface area contributed by atoms with Crippen LogP contribution in [0.3, 0.4) is 0 Å². The second-order valence-corrected chi connectivity index (χ2v) is 6.39. The Morgan fingerprint density at radius 3 is 3.09 bits per heavy atom. The summed E-state index contributed by atoms with van der Waals surface area (Å²) in [6.07, 6.45) is 6.27. The van der Waals surface area contributed by atoms with E-state index in [1.165, 1.54) is 0 Å². The topological polar surface area (TPSA) is 86.4 Å². The molecule has 7 nitrogen and oxygen atoms in total. The number of imidazole rings is 1. The van der Waals surface area contributed by atoms with Crippen LogP contribution in [0.1, 0.15) is 29.8 Å². The van der Waals surface area contributed by atoms with Gasteiger partial charge in [-0.15, -0.1) is 11.3 Å². The van der Waals surface area contributed by atoms with Crippen molar-refractivity contribution in [2.24, 2.45) is 11.0 Å². The number of thiazole rings is 1. The zero-order valence-electron chi connectivity index (χ0n) is 12.3. The molecule has 0 atom stereocenters. The van der Waals surface area contributed by atoms with Gasteiger partial charge in [-0.05, 0) is 44.4 Å². The molecule has 0 aromatic carbocycles. The highest BCUT2D eigenvalue weighted by Crippen LogP contribution is 2.25. The largest absolute Gasteiger partial charge is 0.303 e. The van der Waals surface area contributed by atoms with Crippen molar-refractivity contribution >= 4 is 22.0 Å². The van der Waals surface area contributed by atoms with Crippen molar-refractivity contribution in [3.05, 3.63) is 34.0 Å². The van der Waals surface area contributed by atoms with E-state index in [9.17, 15) is 4.79 Å². The Hall–Kier alpha value is -1.89. The highest BCUT2D eigenvalue weighted by molar-refractivity contribution is 7.15. The number of aromatic nitrogens is 2. The van der Waals surface area contributed by atoms with E-state index in [4.69, 9.17) is 5.53 Å². The van der Waals surface area contributed by atoms with Gasteiger partial charge in [-0.2, -0.15) is 0 Å². The van der Waals surface area contributed by atoms with E-state index in [0.29, 0.717) is 12.2 Å². The molecule has 0 amide bonds. The van der Waals surface area contributed by atoms with E-state index < -0.39 is 0 Å². The van der Waals surface area contributed by atoms with Crippen molar-refractivity contribution < 1.29 is 4.79 Å². The van der Waals surface area contributed by atoms with Gasteiger partial charge in [0.05, 0.1) is 0 Å². The maximum atomic E-state index is 12.6. The van der Waals surface area contributed by atoms with Crippen LogP contribution < -0.4 is 0 Å². The summed E-state index contributed by atoms with van der Waals surface area (Å²) in [6, 6.07) is 0.